The fourth-order valence-corrected chi connectivity index (χ4v) is 9.32. The van der Waals surface area contributed by atoms with E-state index < -0.39 is 109 Å². The standard InChI is InChI=1S/C23H24FN3O7S.C19H20FN3O6S.C4H5ClO/c1-4-34-21-17(33-2)10-9-14(26-21)16(11-35(3,31)32)27-22(29)18-13(24)7-8-15(19(18)23(27)30)25-20(28)12-5-6-12;1-4-29-17-14(28-2)8-7-12(22-17)13(9-30(3,26)27)23-18(24)15-10(20)5-6-11(21)16(15)19(23)25;5-4(6)3-1-2-3/h7-10,12,16H,4-6,11H2,1-3H3,(H,25,28);5-8,13H,4,9,21H2,1-3H3;3H,1-2H2/t16-;13-;/m11./s1/i2*2D3;. The van der Waals surface area contributed by atoms with E-state index in [1.165, 1.54) is 24.3 Å². The number of rotatable bonds is 17. The summed E-state index contributed by atoms with van der Waals surface area (Å²) >= 11 is 5.04. The molecule has 71 heavy (non-hydrogen) atoms. The molecule has 2 atom stereocenters. The number of methoxy groups -OCH3 is 2. The number of imide groups is 2. The van der Waals surface area contributed by atoms with E-state index >= 15 is 0 Å². The molecule has 2 aromatic heterocycles. The summed E-state index contributed by atoms with van der Waals surface area (Å²) in [6.45, 7) is 3.27. The van der Waals surface area contributed by atoms with Crippen LogP contribution in [-0.2, 0) is 29.3 Å². The van der Waals surface area contributed by atoms with Gasteiger partial charge in [0, 0.05) is 30.0 Å². The van der Waals surface area contributed by atoms with Crippen LogP contribution in [0.4, 0.5) is 20.2 Å². The second-order valence-electron chi connectivity index (χ2n) is 16.4. The maximum absolute atomic E-state index is 14.8. The molecule has 0 radical (unpaired) electrons. The van der Waals surface area contributed by atoms with Crippen molar-refractivity contribution in [2.24, 2.45) is 11.8 Å². The minimum atomic E-state index is -3.86. The maximum atomic E-state index is 14.8. The number of aromatic nitrogens is 2. The van der Waals surface area contributed by atoms with Gasteiger partial charge in [-0.05, 0) is 99.7 Å². The lowest BCUT2D eigenvalue weighted by Crippen LogP contribution is -2.38. The molecule has 2 aromatic carbocycles. The zero-order valence-electron chi connectivity index (χ0n) is 44.1. The number of ether oxygens (including phenoxy) is 4. The molecule has 8 rings (SSSR count). The highest BCUT2D eigenvalue weighted by Gasteiger charge is 2.47. The number of nitrogens with two attached hydrogens (primary N) is 1. The number of nitrogens with one attached hydrogen (secondary N) is 1. The first-order chi connectivity index (χ1) is 35.7. The molecule has 0 unspecified atom stereocenters. The number of sulfone groups is 2. The predicted octanol–water partition coefficient (Wildman–Crippen LogP) is 5.11. The Labute approximate surface area is 420 Å². The quantitative estimate of drug-likeness (QED) is 0.0789. The van der Waals surface area contributed by atoms with E-state index in [4.69, 9.17) is 44.5 Å². The Morgan fingerprint density at radius 1 is 0.704 bits per heavy atom. The van der Waals surface area contributed by atoms with Crippen LogP contribution < -0.4 is 30.0 Å². The number of benzene rings is 2. The molecular weight excluding hydrogens is 998 g/mol. The summed E-state index contributed by atoms with van der Waals surface area (Å²) in [4.78, 5) is 84.7. The van der Waals surface area contributed by atoms with E-state index in [1.807, 2.05) is 0 Å². The van der Waals surface area contributed by atoms with E-state index in [0.29, 0.717) is 22.6 Å². The highest BCUT2D eigenvalue weighted by atomic mass is 35.5. The van der Waals surface area contributed by atoms with Crippen LogP contribution in [0.25, 0.3) is 0 Å². The molecule has 4 heterocycles. The van der Waals surface area contributed by atoms with Gasteiger partial charge in [0.25, 0.3) is 35.4 Å². The second-order valence-corrected chi connectivity index (χ2v) is 21.1. The second kappa shape index (κ2) is 21.7. The monoisotopic (exact) mass is 1050 g/mol. The van der Waals surface area contributed by atoms with Gasteiger partial charge in [-0.2, -0.15) is 0 Å². The first kappa shape index (κ1) is 45.4. The molecule has 2 aliphatic heterocycles. The molecule has 0 spiro atoms. The molecule has 5 amide bonds. The minimum absolute atomic E-state index is 0.0346. The number of nitrogens with zero attached hydrogens (tertiary/aromatic N) is 4. The molecule has 3 N–H and O–H groups in total. The summed E-state index contributed by atoms with van der Waals surface area (Å²) in [6, 6.07) is 5.86. The Bertz CT molecular complexity index is 3230. The number of amides is 5. The highest BCUT2D eigenvalue weighted by molar-refractivity contribution is 7.90. The van der Waals surface area contributed by atoms with Gasteiger partial charge in [-0.25, -0.2) is 35.6 Å². The Morgan fingerprint density at radius 3 is 1.51 bits per heavy atom. The maximum Gasteiger partial charge on any atom is 0.265 e. The van der Waals surface area contributed by atoms with Crippen molar-refractivity contribution in [3.05, 3.63) is 93.8 Å². The van der Waals surface area contributed by atoms with E-state index in [-0.39, 0.29) is 87.8 Å². The summed E-state index contributed by atoms with van der Waals surface area (Å²) in [5, 5.41) is 2.40. The zero-order chi connectivity index (χ0) is 57.3. The third-order valence-corrected chi connectivity index (χ3v) is 13.0. The topological polar surface area (TPSA) is 278 Å². The van der Waals surface area contributed by atoms with E-state index in [2.05, 4.69) is 15.3 Å². The van der Waals surface area contributed by atoms with E-state index in [1.54, 1.807) is 13.8 Å². The van der Waals surface area contributed by atoms with Gasteiger partial charge >= 0.3 is 0 Å². The largest absolute Gasteiger partial charge is 0.491 e. The Morgan fingerprint density at radius 2 is 1.13 bits per heavy atom. The summed E-state index contributed by atoms with van der Waals surface area (Å²) in [5.41, 5.74) is 3.37. The molecule has 0 saturated heterocycles. The van der Waals surface area contributed by atoms with Crippen molar-refractivity contribution in [1.29, 1.82) is 0 Å². The van der Waals surface area contributed by atoms with Gasteiger partial charge in [-0.15, -0.1) is 0 Å². The number of anilines is 2. The SMILES string of the molecule is O=C(Cl)C1CC1.[2H]C([2H])([2H])Oc1ccc([C@@H](CS(C)(=O)=O)N2C(=O)c3c(F)ccc(NC(=O)C4CC4)c3C2=O)nc1OCC.[2H]C([2H])([2H])Oc1ccc([C@@H](CS(C)(=O)=O)N2C(=O)c3c(N)ccc(F)c3C2=O)nc1OCC. The lowest BCUT2D eigenvalue weighted by Gasteiger charge is -2.26. The predicted molar refractivity (Wildman–Crippen MR) is 252 cm³/mol. The van der Waals surface area contributed by atoms with Crippen LogP contribution >= 0.6 is 11.6 Å². The highest BCUT2D eigenvalue weighted by Crippen LogP contribution is 2.41. The molecule has 25 heteroatoms. The van der Waals surface area contributed by atoms with Crippen molar-refractivity contribution < 1.29 is 81.6 Å². The summed E-state index contributed by atoms with van der Waals surface area (Å²) in [5.74, 6) is -9.21. The van der Waals surface area contributed by atoms with Crippen LogP contribution in [0.5, 0.6) is 23.3 Å². The number of hydrogen-bond acceptors (Lipinski definition) is 17. The van der Waals surface area contributed by atoms with Gasteiger partial charge in [0.1, 0.15) is 31.3 Å². The summed E-state index contributed by atoms with van der Waals surface area (Å²) in [7, 11) is -13.3. The molecule has 0 bridgehead atoms. The third-order valence-electron chi connectivity index (χ3n) is 10.9. The number of carbonyl (C=O) groups is 6. The Hall–Kier alpha value is -6.79. The number of carbonyl (C=O) groups excluding carboxylic acids is 6. The first-order valence-electron chi connectivity index (χ1n) is 24.4. The third kappa shape index (κ3) is 12.2. The van der Waals surface area contributed by atoms with Crippen LogP contribution in [0.1, 0.15) is 113 Å². The fourth-order valence-electron chi connectivity index (χ4n) is 7.32. The number of hydrogen-bond donors (Lipinski definition) is 2. The Kier molecular flexibility index (Phi) is 13.9. The smallest absolute Gasteiger partial charge is 0.265 e. The lowest BCUT2D eigenvalue weighted by molar-refractivity contribution is -0.117. The molecule has 2 aliphatic carbocycles. The van der Waals surface area contributed by atoms with Crippen molar-refractivity contribution in [1.82, 2.24) is 19.8 Å². The molecule has 2 saturated carbocycles. The summed E-state index contributed by atoms with van der Waals surface area (Å²) < 4.78 is 142. The van der Waals surface area contributed by atoms with Crippen molar-refractivity contribution in [3.8, 4) is 23.3 Å². The van der Waals surface area contributed by atoms with Crippen molar-refractivity contribution in [3.63, 3.8) is 0 Å². The van der Waals surface area contributed by atoms with E-state index in [9.17, 15) is 54.4 Å². The Balaban J connectivity index is 0.000000226. The molecular formula is C46H49ClF2N6O14S2. The number of pyridine rings is 2. The van der Waals surface area contributed by atoms with Crippen LogP contribution in [0.2, 0.25) is 0 Å². The van der Waals surface area contributed by atoms with Gasteiger partial charge in [0.15, 0.2) is 11.5 Å². The zero-order valence-corrected chi connectivity index (χ0v) is 40.5. The van der Waals surface area contributed by atoms with Crippen LogP contribution in [0.3, 0.4) is 0 Å². The number of nitrogen functional groups attached to an aromatic ring is 1. The van der Waals surface area contributed by atoms with Crippen LogP contribution in [-0.4, -0.2) is 123 Å². The van der Waals surface area contributed by atoms with Gasteiger partial charge in [0.2, 0.25) is 11.1 Å². The first-order valence-corrected chi connectivity index (χ1v) is 25.9. The van der Waals surface area contributed by atoms with Gasteiger partial charge in [-0.1, -0.05) is 0 Å². The van der Waals surface area contributed by atoms with E-state index in [0.717, 1.165) is 49.6 Å². The molecule has 380 valence electrons. The van der Waals surface area contributed by atoms with Crippen molar-refractivity contribution >= 4 is 77.4 Å². The number of fused-ring (bicyclic) bond motifs is 2. The molecule has 2 fully saturated rings. The average molecular weight is 1050 g/mol. The summed E-state index contributed by atoms with van der Waals surface area (Å²) in [6.07, 6.45) is 5.14. The molecule has 4 aliphatic rings. The lowest BCUT2D eigenvalue weighted by atomic mass is 10.1. The molecule has 4 aromatic rings. The van der Waals surface area contributed by atoms with Crippen LogP contribution in [0.15, 0.2) is 48.5 Å². The van der Waals surface area contributed by atoms with Crippen molar-refractivity contribution in [2.75, 3.05) is 62.4 Å². The fraction of sp³-hybridized carbons (Fsp3) is 0.391. The van der Waals surface area contributed by atoms with Gasteiger partial charge in [-0.3, -0.25) is 38.6 Å². The minimum Gasteiger partial charge on any atom is -0.491 e. The normalized spacial score (nSPS) is 17.5. The molecule has 20 nitrogen and oxygen atoms in total. The van der Waals surface area contributed by atoms with Crippen molar-refractivity contribution in [2.45, 2.75) is 51.6 Å². The van der Waals surface area contributed by atoms with Crippen LogP contribution in [0, 0.1) is 23.5 Å². The number of halogens is 3. The van der Waals surface area contributed by atoms with Gasteiger partial charge < -0.3 is 30.0 Å². The van der Waals surface area contributed by atoms with Gasteiger partial charge in [0.05, 0.1) is 98.4 Å². The average Bonchev–Trinajstić information content (AvgIpc) is 4.25.